The van der Waals surface area contributed by atoms with Gasteiger partial charge in [0, 0.05) is 33.2 Å². The van der Waals surface area contributed by atoms with Crippen molar-refractivity contribution in [3.8, 4) is 0 Å². The molecule has 2 N–H and O–H groups in total. The lowest BCUT2D eigenvalue weighted by atomic mass is 10.2. The zero-order valence-corrected chi connectivity index (χ0v) is 20.9. The van der Waals surface area contributed by atoms with Gasteiger partial charge in [0.05, 0.1) is 31.1 Å². The molecule has 11 heteroatoms. The van der Waals surface area contributed by atoms with Crippen molar-refractivity contribution in [2.75, 3.05) is 62.7 Å². The number of halogens is 1. The number of amides is 2. The quantitative estimate of drug-likeness (QED) is 0.517. The Balaban J connectivity index is 1.26. The number of benzene rings is 2. The van der Waals surface area contributed by atoms with Gasteiger partial charge in [0.25, 0.3) is 0 Å². The highest BCUT2D eigenvalue weighted by atomic mass is 32.1. The van der Waals surface area contributed by atoms with Gasteiger partial charge < -0.3 is 29.9 Å². The van der Waals surface area contributed by atoms with Crippen LogP contribution in [0.25, 0.3) is 0 Å². The zero-order chi connectivity index (χ0) is 25.5. The van der Waals surface area contributed by atoms with Crippen LogP contribution in [-0.2, 0) is 20.9 Å². The molecule has 192 valence electrons. The minimum atomic E-state index is -0.522. The molecule has 2 aromatic carbocycles. The van der Waals surface area contributed by atoms with E-state index in [4.69, 9.17) is 21.7 Å². The van der Waals surface area contributed by atoms with Crippen molar-refractivity contribution < 1.29 is 23.5 Å². The average Bonchev–Trinajstić information content (AvgIpc) is 3.28. The summed E-state index contributed by atoms with van der Waals surface area (Å²) in [6.07, 6.45) is -0.917. The van der Waals surface area contributed by atoms with E-state index in [0.29, 0.717) is 62.4 Å². The van der Waals surface area contributed by atoms with E-state index in [1.54, 1.807) is 24.1 Å². The number of piperazine rings is 1. The Bertz CT molecular complexity index is 1080. The number of nitrogens with zero attached hydrogens (tertiary/aromatic N) is 3. The van der Waals surface area contributed by atoms with Crippen LogP contribution in [0.2, 0.25) is 0 Å². The highest BCUT2D eigenvalue weighted by molar-refractivity contribution is 7.80. The first-order chi connectivity index (χ1) is 17.4. The van der Waals surface area contributed by atoms with E-state index in [1.807, 2.05) is 35.2 Å². The lowest BCUT2D eigenvalue weighted by Crippen LogP contribution is -2.50. The number of hydrogen-bond donors (Lipinski definition) is 2. The molecule has 0 aromatic heterocycles. The molecule has 0 bridgehead atoms. The van der Waals surface area contributed by atoms with Crippen molar-refractivity contribution in [1.29, 1.82) is 0 Å². The SMILES string of the molecule is CNC(=S)NC[C@H]1CN(c2ccc(N3CCN(C(=O)COCc4ccccc4)CC3)c(F)c2)C(=O)O1. The summed E-state index contributed by atoms with van der Waals surface area (Å²) in [7, 11) is 1.70. The van der Waals surface area contributed by atoms with E-state index in [9.17, 15) is 9.59 Å². The van der Waals surface area contributed by atoms with Crippen molar-refractivity contribution in [1.82, 2.24) is 15.5 Å². The molecule has 4 rings (SSSR count). The molecule has 2 aromatic rings. The van der Waals surface area contributed by atoms with Crippen LogP contribution in [0.5, 0.6) is 0 Å². The summed E-state index contributed by atoms with van der Waals surface area (Å²) < 4.78 is 25.9. The van der Waals surface area contributed by atoms with Crippen molar-refractivity contribution in [3.63, 3.8) is 0 Å². The van der Waals surface area contributed by atoms with Crippen LogP contribution in [0.4, 0.5) is 20.6 Å². The standard InChI is InChI=1S/C25H30FN5O4S/c1-27-24(36)28-14-20-15-31(25(33)35-20)19-7-8-22(21(26)13-19)29-9-11-30(12-10-29)23(32)17-34-16-18-5-3-2-4-6-18/h2-8,13,20H,9-12,14-17H2,1H3,(H2,27,28,36)/t20-/m0/s1. The van der Waals surface area contributed by atoms with Crippen LogP contribution in [0.15, 0.2) is 48.5 Å². The van der Waals surface area contributed by atoms with E-state index in [2.05, 4.69) is 10.6 Å². The summed E-state index contributed by atoms with van der Waals surface area (Å²) in [5.74, 6) is -0.502. The first kappa shape index (κ1) is 25.6. The zero-order valence-electron chi connectivity index (χ0n) is 20.1. The topological polar surface area (TPSA) is 86.4 Å². The van der Waals surface area contributed by atoms with Gasteiger partial charge in [-0.15, -0.1) is 0 Å². The maximum atomic E-state index is 15.0. The van der Waals surface area contributed by atoms with Gasteiger partial charge in [-0.1, -0.05) is 30.3 Å². The highest BCUT2D eigenvalue weighted by Crippen LogP contribution is 2.28. The number of carbonyl (C=O) groups excluding carboxylic acids is 2. The summed E-state index contributed by atoms with van der Waals surface area (Å²) in [5.41, 5.74) is 1.89. The van der Waals surface area contributed by atoms with Crippen molar-refractivity contribution >= 4 is 40.7 Å². The third kappa shape index (κ3) is 6.41. The fourth-order valence-corrected chi connectivity index (χ4v) is 4.26. The Hall–Kier alpha value is -3.44. The summed E-state index contributed by atoms with van der Waals surface area (Å²) in [6, 6.07) is 14.4. The van der Waals surface area contributed by atoms with E-state index in [0.717, 1.165) is 5.56 Å². The van der Waals surface area contributed by atoms with Gasteiger partial charge in [-0.3, -0.25) is 9.69 Å². The molecule has 2 heterocycles. The first-order valence-corrected chi connectivity index (χ1v) is 12.2. The molecule has 2 aliphatic rings. The molecule has 0 spiro atoms. The largest absolute Gasteiger partial charge is 0.442 e. The third-order valence-corrected chi connectivity index (χ3v) is 6.49. The molecule has 0 aliphatic carbocycles. The van der Waals surface area contributed by atoms with E-state index in [1.165, 1.54) is 11.0 Å². The van der Waals surface area contributed by atoms with Gasteiger partial charge in [0.15, 0.2) is 5.11 Å². The predicted octanol–water partition coefficient (Wildman–Crippen LogP) is 2.11. The van der Waals surface area contributed by atoms with Gasteiger partial charge >= 0.3 is 6.09 Å². The number of rotatable bonds is 8. The minimum absolute atomic E-state index is 0.0150. The Morgan fingerprint density at radius 2 is 1.92 bits per heavy atom. The Morgan fingerprint density at radius 1 is 1.17 bits per heavy atom. The van der Waals surface area contributed by atoms with Gasteiger partial charge in [0.1, 0.15) is 18.5 Å². The molecule has 0 saturated carbocycles. The van der Waals surface area contributed by atoms with Crippen molar-refractivity contribution in [2.24, 2.45) is 0 Å². The highest BCUT2D eigenvalue weighted by Gasteiger charge is 2.33. The number of carbonyl (C=O) groups is 2. The number of anilines is 2. The molecule has 2 aliphatic heterocycles. The second kappa shape index (κ2) is 12.0. The normalized spacial score (nSPS) is 17.7. The third-order valence-electron chi connectivity index (χ3n) is 6.14. The van der Waals surface area contributed by atoms with Crippen LogP contribution in [0.1, 0.15) is 5.56 Å². The second-order valence-corrected chi connectivity index (χ2v) is 8.97. The van der Waals surface area contributed by atoms with Crippen molar-refractivity contribution in [2.45, 2.75) is 12.7 Å². The van der Waals surface area contributed by atoms with Gasteiger partial charge in [0.2, 0.25) is 5.91 Å². The molecule has 0 unspecified atom stereocenters. The fraction of sp³-hybridized carbons (Fsp3) is 0.400. The molecule has 0 radical (unpaired) electrons. The number of hydrogen-bond acceptors (Lipinski definition) is 6. The van der Waals surface area contributed by atoms with Crippen LogP contribution >= 0.6 is 12.2 Å². The monoisotopic (exact) mass is 515 g/mol. The predicted molar refractivity (Wildman–Crippen MR) is 139 cm³/mol. The summed E-state index contributed by atoms with van der Waals surface area (Å²) >= 11 is 5.04. The van der Waals surface area contributed by atoms with E-state index >= 15 is 4.39 Å². The Kier molecular flexibility index (Phi) is 8.55. The summed E-state index contributed by atoms with van der Waals surface area (Å²) in [6.45, 7) is 3.03. The maximum absolute atomic E-state index is 15.0. The molecule has 36 heavy (non-hydrogen) atoms. The number of thiocarbonyl (C=S) groups is 1. The van der Waals surface area contributed by atoms with Crippen LogP contribution in [0, 0.1) is 5.82 Å². The Morgan fingerprint density at radius 3 is 2.61 bits per heavy atom. The summed E-state index contributed by atoms with van der Waals surface area (Å²) in [5, 5.41) is 6.22. The average molecular weight is 516 g/mol. The lowest BCUT2D eigenvalue weighted by molar-refractivity contribution is -0.136. The summed E-state index contributed by atoms with van der Waals surface area (Å²) in [4.78, 5) is 29.8. The smallest absolute Gasteiger partial charge is 0.414 e. The minimum Gasteiger partial charge on any atom is -0.442 e. The molecular weight excluding hydrogens is 485 g/mol. The Labute approximate surface area is 215 Å². The van der Waals surface area contributed by atoms with Gasteiger partial charge in [-0.25, -0.2) is 9.18 Å². The molecule has 9 nitrogen and oxygen atoms in total. The van der Waals surface area contributed by atoms with E-state index < -0.39 is 18.0 Å². The molecule has 1 atom stereocenters. The van der Waals surface area contributed by atoms with Crippen LogP contribution in [0.3, 0.4) is 0 Å². The molecule has 2 fully saturated rings. The van der Waals surface area contributed by atoms with Crippen LogP contribution in [-0.4, -0.2) is 81.0 Å². The first-order valence-electron chi connectivity index (χ1n) is 11.8. The van der Waals surface area contributed by atoms with E-state index in [-0.39, 0.29) is 12.5 Å². The van der Waals surface area contributed by atoms with Crippen LogP contribution < -0.4 is 20.4 Å². The number of nitrogens with one attached hydrogen (secondary N) is 2. The molecular formula is C25H30FN5O4S. The second-order valence-electron chi connectivity index (χ2n) is 8.56. The van der Waals surface area contributed by atoms with Gasteiger partial charge in [-0.05, 0) is 36.0 Å². The number of cyclic esters (lactones) is 1. The maximum Gasteiger partial charge on any atom is 0.414 e. The number of ether oxygens (including phenoxy) is 2. The van der Waals surface area contributed by atoms with Crippen molar-refractivity contribution in [3.05, 3.63) is 59.9 Å². The lowest BCUT2D eigenvalue weighted by Gasteiger charge is -2.36. The van der Waals surface area contributed by atoms with Gasteiger partial charge in [-0.2, -0.15) is 0 Å². The molecule has 2 saturated heterocycles. The fourth-order valence-electron chi connectivity index (χ4n) is 4.17. The molecule has 2 amide bonds.